The number of amides is 4. The van der Waals surface area contributed by atoms with Crippen molar-refractivity contribution in [3.8, 4) is 0 Å². The van der Waals surface area contributed by atoms with Crippen molar-refractivity contribution in [3.63, 3.8) is 0 Å². The first-order valence-electron chi connectivity index (χ1n) is 11.7. The van der Waals surface area contributed by atoms with Crippen molar-refractivity contribution in [3.05, 3.63) is 40.4 Å². The summed E-state index contributed by atoms with van der Waals surface area (Å²) in [5, 5.41) is 31.2. The predicted molar refractivity (Wildman–Crippen MR) is 132 cm³/mol. The molecule has 200 valence electrons. The first-order valence-corrected chi connectivity index (χ1v) is 12.5. The molecule has 0 spiro atoms. The molecule has 3 rings (SSSR count). The summed E-state index contributed by atoms with van der Waals surface area (Å²) in [6.07, 6.45) is -1.93. The van der Waals surface area contributed by atoms with Crippen LogP contribution in [0.1, 0.15) is 35.9 Å². The Balaban J connectivity index is 1.63. The zero-order valence-corrected chi connectivity index (χ0v) is 21.1. The molecule has 0 bridgehead atoms. The number of aromatic nitrogens is 1. The van der Waals surface area contributed by atoms with Gasteiger partial charge < -0.3 is 46.8 Å². The van der Waals surface area contributed by atoms with Crippen LogP contribution >= 0.6 is 11.3 Å². The molecular formula is C23H29N7O6S-2. The van der Waals surface area contributed by atoms with E-state index in [1.54, 1.807) is 12.1 Å². The highest BCUT2D eigenvalue weighted by Gasteiger charge is 2.24. The highest BCUT2D eigenvalue weighted by atomic mass is 32.1. The number of carboxylic acid groups (broad SMARTS) is 2. The van der Waals surface area contributed by atoms with Crippen LogP contribution in [0.4, 0.5) is 20.4 Å². The van der Waals surface area contributed by atoms with E-state index in [1.165, 1.54) is 18.3 Å². The van der Waals surface area contributed by atoms with E-state index in [9.17, 15) is 29.4 Å². The van der Waals surface area contributed by atoms with Crippen LogP contribution in [0.5, 0.6) is 0 Å². The molecule has 1 aromatic carbocycles. The quantitative estimate of drug-likeness (QED) is 0.229. The number of anilines is 2. The van der Waals surface area contributed by atoms with E-state index in [2.05, 4.69) is 20.5 Å². The number of likely N-dealkylation sites (tertiary alicyclic amines) is 1. The molecule has 14 heteroatoms. The molecule has 0 saturated carbocycles. The summed E-state index contributed by atoms with van der Waals surface area (Å²) in [6, 6.07) is 7.02. The Hall–Kier alpha value is -3.91. The fraction of sp³-hybridized carbons (Fsp3) is 0.435. The van der Waals surface area contributed by atoms with Crippen molar-refractivity contribution in [1.29, 1.82) is 0 Å². The van der Waals surface area contributed by atoms with E-state index in [1.807, 2.05) is 22.8 Å². The fourth-order valence-corrected chi connectivity index (χ4v) is 5.12. The van der Waals surface area contributed by atoms with Crippen molar-refractivity contribution < 1.29 is 29.4 Å². The first-order chi connectivity index (χ1) is 17.6. The number of nitrogens with one attached hydrogen (secondary N) is 4. The SMILES string of the molecule is CC(=O)Nc1nc(CCc2ccc(NC(NC(=O)[O-])NC(=O)[O-])cc2)c(CN2CCC(C(N)=O)CC2)s1. The molecule has 0 aliphatic carbocycles. The first kappa shape index (κ1) is 27.7. The van der Waals surface area contributed by atoms with Crippen LogP contribution in [0.2, 0.25) is 0 Å². The van der Waals surface area contributed by atoms with Crippen molar-refractivity contribution in [1.82, 2.24) is 20.5 Å². The van der Waals surface area contributed by atoms with Crippen molar-refractivity contribution in [2.45, 2.75) is 45.4 Å². The molecule has 2 aromatic rings. The minimum Gasteiger partial charge on any atom is -0.530 e. The summed E-state index contributed by atoms with van der Waals surface area (Å²) in [6.45, 7) is 3.62. The molecule has 1 aliphatic heterocycles. The average molecular weight is 532 g/mol. The second-order valence-electron chi connectivity index (χ2n) is 8.66. The zero-order valence-electron chi connectivity index (χ0n) is 20.2. The summed E-state index contributed by atoms with van der Waals surface area (Å²) in [5.74, 6) is -0.544. The Morgan fingerprint density at radius 2 is 1.70 bits per heavy atom. The standard InChI is InChI=1S/C23H31N7O6S/c1-13(31)25-21-27-17(18(37-21)12-30-10-8-15(9-11-30)19(24)32)7-4-14-2-5-16(6-3-14)26-20(28-22(33)34)29-23(35)36/h2-3,5-6,15,20,26,28-29H,4,7-12H2,1H3,(H2,24,32)(H,33,34)(H,35,36)(H,25,27,31)/p-2. The number of hydrogen-bond acceptors (Lipinski definition) is 10. The van der Waals surface area contributed by atoms with Gasteiger partial charge in [0.15, 0.2) is 11.4 Å². The number of piperidine rings is 1. The maximum atomic E-state index is 11.5. The number of rotatable bonds is 11. The van der Waals surface area contributed by atoms with Crippen molar-refractivity contribution in [2.75, 3.05) is 23.7 Å². The van der Waals surface area contributed by atoms with Crippen LogP contribution in [0.3, 0.4) is 0 Å². The molecule has 13 nitrogen and oxygen atoms in total. The van der Waals surface area contributed by atoms with E-state index in [0.717, 1.165) is 42.1 Å². The van der Waals surface area contributed by atoms with E-state index in [4.69, 9.17) is 5.73 Å². The van der Waals surface area contributed by atoms with Crippen LogP contribution in [0.15, 0.2) is 24.3 Å². The predicted octanol–water partition coefficient (Wildman–Crippen LogP) is -0.855. The lowest BCUT2D eigenvalue weighted by atomic mass is 9.96. The van der Waals surface area contributed by atoms with Gasteiger partial charge in [0.2, 0.25) is 11.8 Å². The van der Waals surface area contributed by atoms with Gasteiger partial charge >= 0.3 is 0 Å². The Labute approximate surface area is 217 Å². The van der Waals surface area contributed by atoms with Crippen LogP contribution in [-0.2, 0) is 29.0 Å². The Morgan fingerprint density at radius 3 is 2.24 bits per heavy atom. The Morgan fingerprint density at radius 1 is 1.08 bits per heavy atom. The number of nitrogens with zero attached hydrogens (tertiary/aromatic N) is 2. The van der Waals surface area contributed by atoms with Crippen molar-refractivity contribution >= 4 is 46.2 Å². The number of primary amides is 1. The minimum absolute atomic E-state index is 0.0898. The number of carbonyl (C=O) groups is 4. The molecule has 0 unspecified atom stereocenters. The van der Waals surface area contributed by atoms with E-state index in [0.29, 0.717) is 30.2 Å². The van der Waals surface area contributed by atoms with Gasteiger partial charge in [-0.3, -0.25) is 14.5 Å². The second-order valence-corrected chi connectivity index (χ2v) is 9.74. The maximum absolute atomic E-state index is 11.5. The third-order valence-corrected chi connectivity index (χ3v) is 6.86. The molecule has 2 heterocycles. The smallest absolute Gasteiger partial charge is 0.223 e. The van der Waals surface area contributed by atoms with Gasteiger partial charge in [-0.2, -0.15) is 0 Å². The summed E-state index contributed by atoms with van der Waals surface area (Å²) in [5.41, 5.74) is 7.76. The normalized spacial score (nSPS) is 14.2. The molecule has 1 saturated heterocycles. The molecule has 37 heavy (non-hydrogen) atoms. The molecule has 4 amide bonds. The summed E-state index contributed by atoms with van der Waals surface area (Å²) >= 11 is 1.44. The van der Waals surface area contributed by atoms with Gasteiger partial charge in [-0.15, -0.1) is 11.3 Å². The summed E-state index contributed by atoms with van der Waals surface area (Å²) in [4.78, 5) is 52.4. The molecule has 0 atom stereocenters. The largest absolute Gasteiger partial charge is 0.530 e. The molecule has 6 N–H and O–H groups in total. The lowest BCUT2D eigenvalue weighted by Crippen LogP contribution is -2.58. The third-order valence-electron chi connectivity index (χ3n) is 5.86. The lowest BCUT2D eigenvalue weighted by molar-refractivity contribution is -0.255. The number of benzene rings is 1. The topological polar surface area (TPSA) is 205 Å². The minimum atomic E-state index is -1.65. The second kappa shape index (κ2) is 12.9. The highest BCUT2D eigenvalue weighted by Crippen LogP contribution is 2.28. The average Bonchev–Trinajstić information content (AvgIpc) is 3.18. The number of nitrogens with two attached hydrogens (primary N) is 1. The van der Waals surface area contributed by atoms with Gasteiger partial charge in [0.25, 0.3) is 0 Å². The van der Waals surface area contributed by atoms with E-state index in [-0.39, 0.29) is 17.7 Å². The molecule has 1 aromatic heterocycles. The molecule has 1 aliphatic rings. The van der Waals surface area contributed by atoms with Crippen LogP contribution in [0, 0.1) is 5.92 Å². The molecular weight excluding hydrogens is 502 g/mol. The van der Waals surface area contributed by atoms with Crippen LogP contribution < -0.4 is 37.2 Å². The van der Waals surface area contributed by atoms with E-state index >= 15 is 0 Å². The van der Waals surface area contributed by atoms with E-state index < -0.39 is 18.5 Å². The highest BCUT2D eigenvalue weighted by molar-refractivity contribution is 7.15. The fourth-order valence-electron chi connectivity index (χ4n) is 4.03. The van der Waals surface area contributed by atoms with Crippen LogP contribution in [0.25, 0.3) is 0 Å². The Kier molecular flexibility index (Phi) is 9.63. The number of aryl methyl sites for hydroxylation is 2. The number of carbonyl (C=O) groups excluding carboxylic acids is 4. The molecule has 1 fully saturated rings. The van der Waals surface area contributed by atoms with Gasteiger partial charge in [-0.25, -0.2) is 4.98 Å². The Bertz CT molecular complexity index is 1100. The van der Waals surface area contributed by atoms with Crippen molar-refractivity contribution in [2.24, 2.45) is 11.7 Å². The lowest BCUT2D eigenvalue weighted by Gasteiger charge is -2.30. The molecule has 0 radical (unpaired) electrons. The van der Waals surface area contributed by atoms with Gasteiger partial charge in [-0.05, 0) is 56.5 Å². The van der Waals surface area contributed by atoms with Crippen LogP contribution in [-0.4, -0.2) is 53.3 Å². The summed E-state index contributed by atoms with van der Waals surface area (Å²) in [7, 11) is 0. The van der Waals surface area contributed by atoms with Gasteiger partial charge in [0.1, 0.15) is 12.2 Å². The monoisotopic (exact) mass is 531 g/mol. The van der Waals surface area contributed by atoms with Gasteiger partial charge in [-0.1, -0.05) is 12.1 Å². The number of thiazole rings is 1. The summed E-state index contributed by atoms with van der Waals surface area (Å²) < 4.78 is 0. The van der Waals surface area contributed by atoms with Gasteiger partial charge in [0, 0.05) is 30.0 Å². The maximum Gasteiger partial charge on any atom is 0.223 e. The zero-order chi connectivity index (χ0) is 26.9. The third kappa shape index (κ3) is 8.91. The number of hydrogen-bond donors (Lipinski definition) is 5. The van der Waals surface area contributed by atoms with Gasteiger partial charge in [0.05, 0.1) is 5.69 Å².